The summed E-state index contributed by atoms with van der Waals surface area (Å²) in [6, 6.07) is 10.2. The fraction of sp³-hybridized carbons (Fsp3) is 0.167. The van der Waals surface area contributed by atoms with E-state index in [0.717, 1.165) is 25.1 Å². The lowest BCUT2D eigenvalue weighted by Crippen LogP contribution is -1.94. The molecule has 0 fully saturated rings. The van der Waals surface area contributed by atoms with Gasteiger partial charge in [-0.05, 0) is 35.7 Å². The summed E-state index contributed by atoms with van der Waals surface area (Å²) < 4.78 is 2.57. The smallest absolute Gasteiger partial charge is 0.0987 e. The monoisotopic (exact) mass is 412 g/mol. The van der Waals surface area contributed by atoms with Gasteiger partial charge in [0.15, 0.2) is 0 Å². The Morgan fingerprint density at radius 2 is 2.00 bits per heavy atom. The maximum atomic E-state index is 6.13. The van der Waals surface area contributed by atoms with E-state index in [0.29, 0.717) is 0 Å². The first-order valence-electron chi connectivity index (χ1n) is 4.89. The molecule has 1 heterocycles. The average molecular weight is 415 g/mol. The fourth-order valence-electron chi connectivity index (χ4n) is 1.55. The molecule has 0 aliphatic carbocycles. The van der Waals surface area contributed by atoms with Crippen LogP contribution in [0.4, 0.5) is 0 Å². The molecule has 2 aromatic rings. The van der Waals surface area contributed by atoms with Gasteiger partial charge in [-0.15, -0.1) is 11.3 Å². The molecule has 0 aliphatic rings. The molecule has 90 valence electrons. The molecule has 0 radical (unpaired) electrons. The SMILES string of the molecule is Clc1cc(C(Br)Cc2cccc(Br)c2)c(Cl)s1. The molecular formula is C12H8Br2Cl2S. The van der Waals surface area contributed by atoms with Crippen molar-refractivity contribution < 1.29 is 0 Å². The molecule has 0 saturated carbocycles. The summed E-state index contributed by atoms with van der Waals surface area (Å²) in [4.78, 5) is 0.188. The quantitative estimate of drug-likeness (QED) is 0.503. The number of halogens is 4. The summed E-state index contributed by atoms with van der Waals surface area (Å²) in [7, 11) is 0. The molecule has 1 aromatic carbocycles. The summed E-state index contributed by atoms with van der Waals surface area (Å²) >= 11 is 20.6. The summed E-state index contributed by atoms with van der Waals surface area (Å²) in [5, 5.41) is 0. The van der Waals surface area contributed by atoms with Gasteiger partial charge in [0, 0.05) is 9.30 Å². The second-order valence-corrected chi connectivity index (χ2v) is 7.89. The molecule has 5 heteroatoms. The minimum Gasteiger partial charge on any atom is -0.111 e. The molecule has 17 heavy (non-hydrogen) atoms. The Morgan fingerprint density at radius 3 is 2.59 bits per heavy atom. The third-order valence-electron chi connectivity index (χ3n) is 2.32. The van der Waals surface area contributed by atoms with E-state index >= 15 is 0 Å². The van der Waals surface area contributed by atoms with Crippen molar-refractivity contribution in [2.75, 3.05) is 0 Å². The van der Waals surface area contributed by atoms with Crippen LogP contribution in [0.2, 0.25) is 8.67 Å². The molecule has 0 amide bonds. The number of hydrogen-bond acceptors (Lipinski definition) is 1. The Morgan fingerprint density at radius 1 is 1.24 bits per heavy atom. The topological polar surface area (TPSA) is 0 Å². The maximum Gasteiger partial charge on any atom is 0.0987 e. The van der Waals surface area contributed by atoms with Crippen LogP contribution in [-0.2, 0) is 6.42 Å². The van der Waals surface area contributed by atoms with E-state index in [2.05, 4.69) is 44.0 Å². The van der Waals surface area contributed by atoms with Crippen LogP contribution in [0.3, 0.4) is 0 Å². The van der Waals surface area contributed by atoms with Crippen molar-refractivity contribution >= 4 is 66.4 Å². The van der Waals surface area contributed by atoms with Gasteiger partial charge >= 0.3 is 0 Å². The van der Waals surface area contributed by atoms with Gasteiger partial charge in [-0.25, -0.2) is 0 Å². The number of hydrogen-bond donors (Lipinski definition) is 0. The normalized spacial score (nSPS) is 12.7. The van der Waals surface area contributed by atoms with Crippen molar-refractivity contribution in [1.29, 1.82) is 0 Å². The van der Waals surface area contributed by atoms with Crippen LogP contribution in [0.1, 0.15) is 16.0 Å². The Labute approximate surface area is 131 Å². The summed E-state index contributed by atoms with van der Waals surface area (Å²) in [5.41, 5.74) is 2.31. The molecule has 0 nitrogen and oxygen atoms in total. The minimum atomic E-state index is 0.188. The van der Waals surface area contributed by atoms with Crippen LogP contribution in [0.15, 0.2) is 34.8 Å². The first kappa shape index (κ1) is 13.9. The molecule has 0 aliphatic heterocycles. The lowest BCUT2D eigenvalue weighted by molar-refractivity contribution is 0.954. The molecule has 0 bridgehead atoms. The van der Waals surface area contributed by atoms with Crippen LogP contribution in [0, 0.1) is 0 Å². The van der Waals surface area contributed by atoms with E-state index in [1.54, 1.807) is 0 Å². The van der Waals surface area contributed by atoms with Gasteiger partial charge in [-0.3, -0.25) is 0 Å². The Bertz CT molecular complexity index is 525. The summed E-state index contributed by atoms with van der Waals surface area (Å²) in [5.74, 6) is 0. The second-order valence-electron chi connectivity index (χ2n) is 3.58. The summed E-state index contributed by atoms with van der Waals surface area (Å²) in [6.45, 7) is 0. The predicted molar refractivity (Wildman–Crippen MR) is 83.9 cm³/mol. The van der Waals surface area contributed by atoms with E-state index < -0.39 is 0 Å². The molecule has 1 atom stereocenters. The third-order valence-corrected chi connectivity index (χ3v) is 5.15. The highest BCUT2D eigenvalue weighted by atomic mass is 79.9. The van der Waals surface area contributed by atoms with Crippen molar-refractivity contribution in [3.63, 3.8) is 0 Å². The van der Waals surface area contributed by atoms with Crippen LogP contribution in [0.25, 0.3) is 0 Å². The lowest BCUT2D eigenvalue weighted by atomic mass is 10.1. The zero-order chi connectivity index (χ0) is 12.4. The zero-order valence-electron chi connectivity index (χ0n) is 8.59. The molecule has 1 aromatic heterocycles. The van der Waals surface area contributed by atoms with E-state index in [9.17, 15) is 0 Å². The van der Waals surface area contributed by atoms with Gasteiger partial charge in [-0.2, -0.15) is 0 Å². The minimum absolute atomic E-state index is 0.188. The first-order valence-corrected chi connectivity index (χ1v) is 8.17. The molecule has 1 unspecified atom stereocenters. The molecule has 0 saturated heterocycles. The highest BCUT2D eigenvalue weighted by Crippen LogP contribution is 2.39. The van der Waals surface area contributed by atoms with Gasteiger partial charge in [0.1, 0.15) is 0 Å². The Balaban J connectivity index is 2.16. The number of rotatable bonds is 3. The second kappa shape index (κ2) is 6.07. The zero-order valence-corrected chi connectivity index (χ0v) is 14.1. The van der Waals surface area contributed by atoms with Crippen molar-refractivity contribution in [1.82, 2.24) is 0 Å². The van der Waals surface area contributed by atoms with E-state index in [1.165, 1.54) is 16.9 Å². The van der Waals surface area contributed by atoms with Crippen molar-refractivity contribution in [3.05, 3.63) is 54.6 Å². The number of thiophene rings is 1. The van der Waals surface area contributed by atoms with Gasteiger partial charge in [0.25, 0.3) is 0 Å². The van der Waals surface area contributed by atoms with E-state index in [4.69, 9.17) is 23.2 Å². The van der Waals surface area contributed by atoms with E-state index in [1.807, 2.05) is 18.2 Å². The van der Waals surface area contributed by atoms with E-state index in [-0.39, 0.29) is 4.83 Å². The predicted octanol–water partition coefficient (Wildman–Crippen LogP) is 6.50. The van der Waals surface area contributed by atoms with Crippen LogP contribution in [0.5, 0.6) is 0 Å². The number of benzene rings is 1. The van der Waals surface area contributed by atoms with Crippen LogP contribution < -0.4 is 0 Å². The van der Waals surface area contributed by atoms with Crippen molar-refractivity contribution in [2.24, 2.45) is 0 Å². The van der Waals surface area contributed by atoms with Crippen molar-refractivity contribution in [2.45, 2.75) is 11.2 Å². The van der Waals surface area contributed by atoms with Gasteiger partial charge in [0.2, 0.25) is 0 Å². The van der Waals surface area contributed by atoms with Crippen LogP contribution >= 0.6 is 66.4 Å². The fourth-order valence-corrected chi connectivity index (χ4v) is 4.59. The molecule has 0 spiro atoms. The Kier molecular flexibility index (Phi) is 4.96. The molecule has 2 rings (SSSR count). The largest absolute Gasteiger partial charge is 0.111 e. The first-order chi connectivity index (χ1) is 8.06. The summed E-state index contributed by atoms with van der Waals surface area (Å²) in [6.07, 6.45) is 0.881. The van der Waals surface area contributed by atoms with Gasteiger partial charge in [-0.1, -0.05) is 67.2 Å². The molecule has 0 N–H and O–H groups in total. The highest BCUT2D eigenvalue weighted by Gasteiger charge is 2.15. The highest BCUT2D eigenvalue weighted by molar-refractivity contribution is 9.10. The standard InChI is InChI=1S/C12H8Br2Cl2S/c13-8-3-1-2-7(4-8)5-10(14)9-6-11(15)17-12(9)16/h1-4,6,10H,5H2. The number of alkyl halides is 1. The average Bonchev–Trinajstić information content (AvgIpc) is 2.58. The van der Waals surface area contributed by atoms with Crippen molar-refractivity contribution in [3.8, 4) is 0 Å². The Hall–Kier alpha value is 0.460. The van der Waals surface area contributed by atoms with Gasteiger partial charge < -0.3 is 0 Å². The molecular weight excluding hydrogens is 407 g/mol. The maximum absolute atomic E-state index is 6.13. The third kappa shape index (κ3) is 3.71. The van der Waals surface area contributed by atoms with Gasteiger partial charge in [0.05, 0.1) is 8.67 Å². The lowest BCUT2D eigenvalue weighted by Gasteiger charge is -2.09. The van der Waals surface area contributed by atoms with Crippen LogP contribution in [-0.4, -0.2) is 0 Å².